The minimum Gasteiger partial charge on any atom is -0.316 e. The van der Waals surface area contributed by atoms with Gasteiger partial charge in [-0.25, -0.2) is 0 Å². The Balaban J connectivity index is 2.08. The monoisotopic (exact) mass is 232 g/mol. The van der Waals surface area contributed by atoms with E-state index in [4.69, 9.17) is 0 Å². The second kappa shape index (κ2) is 5.65. The van der Waals surface area contributed by atoms with E-state index in [9.17, 15) is 0 Å². The molecule has 1 aliphatic heterocycles. The maximum absolute atomic E-state index is 3.39. The molecule has 0 bridgehead atoms. The first-order valence-electron chi connectivity index (χ1n) is 6.72. The Morgan fingerprint density at radius 3 is 2.59 bits per heavy atom. The number of nitrogens with one attached hydrogen (secondary N) is 1. The lowest BCUT2D eigenvalue weighted by Gasteiger charge is -2.27. The molecule has 2 atom stereocenters. The van der Waals surface area contributed by atoms with Crippen molar-refractivity contribution in [3.8, 4) is 0 Å². The highest BCUT2D eigenvalue weighted by molar-refractivity contribution is 5.24. The van der Waals surface area contributed by atoms with Gasteiger partial charge in [0, 0.05) is 25.2 Å². The van der Waals surface area contributed by atoms with Crippen LogP contribution in [-0.4, -0.2) is 31.1 Å². The topological polar surface area (TPSA) is 15.3 Å². The molecule has 2 nitrogen and oxygen atoms in total. The molecule has 1 fully saturated rings. The number of hydrogen-bond acceptors (Lipinski definition) is 2. The Labute approximate surface area is 105 Å². The highest BCUT2D eigenvalue weighted by Crippen LogP contribution is 2.27. The molecule has 1 heterocycles. The third-order valence-electron chi connectivity index (χ3n) is 3.92. The van der Waals surface area contributed by atoms with E-state index in [2.05, 4.69) is 55.4 Å². The van der Waals surface area contributed by atoms with Crippen LogP contribution in [0.2, 0.25) is 0 Å². The molecule has 1 saturated heterocycles. The molecule has 0 amide bonds. The highest BCUT2D eigenvalue weighted by atomic mass is 15.2. The van der Waals surface area contributed by atoms with Gasteiger partial charge in [-0.3, -0.25) is 4.90 Å². The number of aryl methyl sites for hydroxylation is 1. The number of nitrogens with zero attached hydrogens (tertiary/aromatic N) is 1. The zero-order valence-electron chi connectivity index (χ0n) is 11.2. The van der Waals surface area contributed by atoms with E-state index in [1.807, 2.05) is 0 Å². The summed E-state index contributed by atoms with van der Waals surface area (Å²) in [5.41, 5.74) is 2.81. The first-order chi connectivity index (χ1) is 8.24. The van der Waals surface area contributed by atoms with Crippen molar-refractivity contribution in [2.24, 2.45) is 0 Å². The molecule has 1 aromatic carbocycles. The predicted octanol–water partition coefficient (Wildman–Crippen LogP) is 2.74. The van der Waals surface area contributed by atoms with Crippen molar-refractivity contribution in [3.05, 3.63) is 35.4 Å². The van der Waals surface area contributed by atoms with Gasteiger partial charge in [0.05, 0.1) is 0 Å². The number of hydrogen-bond donors (Lipinski definition) is 1. The standard InChI is InChI=1S/C15H24N2/c1-4-15(13-7-5-12(2)6-8-13)17-10-9-14(11-17)16-3/h5-8,14-16H,4,9-11H2,1-3H3. The van der Waals surface area contributed by atoms with E-state index < -0.39 is 0 Å². The van der Waals surface area contributed by atoms with Crippen molar-refractivity contribution < 1.29 is 0 Å². The van der Waals surface area contributed by atoms with Crippen LogP contribution in [0, 0.1) is 6.92 Å². The molecule has 0 saturated carbocycles. The number of benzene rings is 1. The fourth-order valence-corrected chi connectivity index (χ4v) is 2.80. The summed E-state index contributed by atoms with van der Waals surface area (Å²) in [4.78, 5) is 2.62. The lowest BCUT2D eigenvalue weighted by Crippen LogP contribution is -2.31. The summed E-state index contributed by atoms with van der Waals surface area (Å²) in [6, 6.07) is 10.3. The van der Waals surface area contributed by atoms with Gasteiger partial charge in [0.1, 0.15) is 0 Å². The van der Waals surface area contributed by atoms with Crippen LogP contribution >= 0.6 is 0 Å². The molecule has 2 rings (SSSR count). The van der Waals surface area contributed by atoms with Crippen molar-refractivity contribution in [1.82, 2.24) is 10.2 Å². The molecule has 17 heavy (non-hydrogen) atoms. The molecular weight excluding hydrogens is 208 g/mol. The third-order valence-corrected chi connectivity index (χ3v) is 3.92. The fraction of sp³-hybridized carbons (Fsp3) is 0.600. The van der Waals surface area contributed by atoms with Crippen molar-refractivity contribution in [2.75, 3.05) is 20.1 Å². The van der Waals surface area contributed by atoms with Gasteiger partial charge in [-0.05, 0) is 32.4 Å². The summed E-state index contributed by atoms with van der Waals surface area (Å²) >= 11 is 0. The maximum Gasteiger partial charge on any atom is 0.0346 e. The lowest BCUT2D eigenvalue weighted by molar-refractivity contribution is 0.234. The maximum atomic E-state index is 3.39. The van der Waals surface area contributed by atoms with Crippen LogP contribution in [0.25, 0.3) is 0 Å². The van der Waals surface area contributed by atoms with Gasteiger partial charge in [0.2, 0.25) is 0 Å². The fourth-order valence-electron chi connectivity index (χ4n) is 2.80. The van der Waals surface area contributed by atoms with Crippen LogP contribution < -0.4 is 5.32 Å². The number of likely N-dealkylation sites (tertiary alicyclic amines) is 1. The summed E-state index contributed by atoms with van der Waals surface area (Å²) in [6.45, 7) is 6.84. The molecule has 1 aromatic rings. The Morgan fingerprint density at radius 2 is 2.06 bits per heavy atom. The van der Waals surface area contributed by atoms with Gasteiger partial charge >= 0.3 is 0 Å². The first-order valence-corrected chi connectivity index (χ1v) is 6.72. The van der Waals surface area contributed by atoms with Gasteiger partial charge in [0.15, 0.2) is 0 Å². The van der Waals surface area contributed by atoms with Gasteiger partial charge in [-0.2, -0.15) is 0 Å². The number of rotatable bonds is 4. The summed E-state index contributed by atoms with van der Waals surface area (Å²) in [5.74, 6) is 0. The molecule has 1 N–H and O–H groups in total. The average Bonchev–Trinajstić information content (AvgIpc) is 2.81. The Morgan fingerprint density at radius 1 is 1.35 bits per heavy atom. The molecule has 0 aliphatic carbocycles. The van der Waals surface area contributed by atoms with E-state index >= 15 is 0 Å². The summed E-state index contributed by atoms with van der Waals surface area (Å²) < 4.78 is 0. The second-order valence-electron chi connectivity index (χ2n) is 5.10. The summed E-state index contributed by atoms with van der Waals surface area (Å²) in [5, 5.41) is 3.39. The molecule has 0 spiro atoms. The Hall–Kier alpha value is -0.860. The minimum atomic E-state index is 0.592. The smallest absolute Gasteiger partial charge is 0.0346 e. The van der Waals surface area contributed by atoms with Gasteiger partial charge in [-0.1, -0.05) is 36.8 Å². The molecule has 2 unspecified atom stereocenters. The van der Waals surface area contributed by atoms with E-state index in [1.165, 1.54) is 37.1 Å². The van der Waals surface area contributed by atoms with Crippen LogP contribution in [0.1, 0.15) is 36.9 Å². The molecule has 0 radical (unpaired) electrons. The SMILES string of the molecule is CCC(c1ccc(C)cc1)N1CCC(NC)C1. The van der Waals surface area contributed by atoms with Gasteiger partial charge < -0.3 is 5.32 Å². The Kier molecular flexibility index (Phi) is 4.19. The summed E-state index contributed by atoms with van der Waals surface area (Å²) in [7, 11) is 2.07. The normalized spacial score (nSPS) is 22.9. The van der Waals surface area contributed by atoms with Crippen molar-refractivity contribution >= 4 is 0 Å². The van der Waals surface area contributed by atoms with Crippen molar-refractivity contribution in [3.63, 3.8) is 0 Å². The summed E-state index contributed by atoms with van der Waals surface area (Å²) in [6.07, 6.45) is 2.47. The minimum absolute atomic E-state index is 0.592. The van der Waals surface area contributed by atoms with Crippen molar-refractivity contribution in [1.29, 1.82) is 0 Å². The van der Waals surface area contributed by atoms with E-state index in [0.29, 0.717) is 12.1 Å². The van der Waals surface area contributed by atoms with E-state index in [1.54, 1.807) is 0 Å². The molecular formula is C15H24N2. The van der Waals surface area contributed by atoms with E-state index in [-0.39, 0.29) is 0 Å². The first kappa shape index (κ1) is 12.6. The largest absolute Gasteiger partial charge is 0.316 e. The van der Waals surface area contributed by atoms with Crippen LogP contribution in [0.15, 0.2) is 24.3 Å². The van der Waals surface area contributed by atoms with Gasteiger partial charge in [0.25, 0.3) is 0 Å². The van der Waals surface area contributed by atoms with Crippen LogP contribution in [0.5, 0.6) is 0 Å². The molecule has 94 valence electrons. The predicted molar refractivity (Wildman–Crippen MR) is 73.2 cm³/mol. The van der Waals surface area contributed by atoms with E-state index in [0.717, 1.165) is 0 Å². The lowest BCUT2D eigenvalue weighted by atomic mass is 10.0. The third kappa shape index (κ3) is 2.88. The quantitative estimate of drug-likeness (QED) is 0.858. The zero-order valence-corrected chi connectivity index (χ0v) is 11.2. The van der Waals surface area contributed by atoms with Crippen LogP contribution in [0.4, 0.5) is 0 Å². The van der Waals surface area contributed by atoms with Crippen LogP contribution in [-0.2, 0) is 0 Å². The van der Waals surface area contributed by atoms with Crippen LogP contribution in [0.3, 0.4) is 0 Å². The second-order valence-corrected chi connectivity index (χ2v) is 5.10. The molecule has 0 aromatic heterocycles. The van der Waals surface area contributed by atoms with Crippen molar-refractivity contribution in [2.45, 2.75) is 38.8 Å². The molecule has 1 aliphatic rings. The Bertz CT molecular complexity index is 344. The number of likely N-dealkylation sites (N-methyl/N-ethyl adjacent to an activating group) is 1. The average molecular weight is 232 g/mol. The van der Waals surface area contributed by atoms with Gasteiger partial charge in [-0.15, -0.1) is 0 Å². The highest BCUT2D eigenvalue weighted by Gasteiger charge is 2.27. The zero-order chi connectivity index (χ0) is 12.3. The molecule has 2 heteroatoms.